The lowest BCUT2D eigenvalue weighted by Crippen LogP contribution is -2.89. The average molecular weight is 830 g/mol. The predicted octanol–water partition coefficient (Wildman–Crippen LogP) is 2.14. The summed E-state index contributed by atoms with van der Waals surface area (Å²) in [5.74, 6) is -10.3. The normalized spacial score (nSPS) is 37.4. The van der Waals surface area contributed by atoms with Crippen molar-refractivity contribution >= 4 is 41.8 Å². The van der Waals surface area contributed by atoms with Crippen LogP contribution in [0.2, 0.25) is 0 Å². The standard InChI is InChI=1S/C40H47NO18/c1-18-19(2)35(47)58-32-30(54-21(4)43)34(57-24(7)46)39(17-51-25-12-14-50-15-25)33(56-23(6)45)29(53-20(3)42)27-31(55-22(5)44)40(39,38(32,9)49)59-37(27,8)16-52-36(48)26-11-10-13-41-28(18)26/h10-15,18-19,27,29-34,49H,16-17H2,1-9H3/t18-,19-,27?,29+,30-,31+,32-,33+,34-,37+,38-,39+,40+/m0/s1. The van der Waals surface area contributed by atoms with E-state index in [1.807, 2.05) is 0 Å². The van der Waals surface area contributed by atoms with Gasteiger partial charge in [-0.15, -0.1) is 0 Å². The molecule has 1 saturated heterocycles. The number of carbonyl (C=O) groups excluding carboxylic acids is 7. The van der Waals surface area contributed by atoms with Crippen LogP contribution in [0.5, 0.6) is 5.75 Å². The summed E-state index contributed by atoms with van der Waals surface area (Å²) in [6.07, 6.45) is -7.69. The molecule has 2 aromatic heterocycles. The molecule has 1 N–H and O–H groups in total. The van der Waals surface area contributed by atoms with Crippen LogP contribution in [0.15, 0.2) is 41.3 Å². The van der Waals surface area contributed by atoms with Crippen molar-refractivity contribution < 1.29 is 85.7 Å². The van der Waals surface area contributed by atoms with E-state index in [4.69, 9.17) is 47.0 Å². The fourth-order valence-corrected chi connectivity index (χ4v) is 9.57. The van der Waals surface area contributed by atoms with E-state index in [0.717, 1.165) is 41.5 Å². The molecule has 320 valence electrons. The second-order valence-electron chi connectivity index (χ2n) is 15.8. The minimum atomic E-state index is -2.76. The first-order valence-corrected chi connectivity index (χ1v) is 18.9. The Morgan fingerprint density at radius 1 is 0.814 bits per heavy atom. The number of esters is 7. The van der Waals surface area contributed by atoms with Crippen LogP contribution in [0.4, 0.5) is 0 Å². The minimum absolute atomic E-state index is 0.0203. The van der Waals surface area contributed by atoms with Gasteiger partial charge < -0.3 is 52.2 Å². The zero-order chi connectivity index (χ0) is 43.4. The predicted molar refractivity (Wildman–Crippen MR) is 193 cm³/mol. The number of cyclic esters (lactones) is 1. The number of rotatable bonds is 8. The summed E-state index contributed by atoms with van der Waals surface area (Å²) in [5.41, 5.74) is -9.77. The van der Waals surface area contributed by atoms with Crippen LogP contribution < -0.4 is 4.74 Å². The molecule has 2 saturated carbocycles. The first-order valence-electron chi connectivity index (χ1n) is 18.9. The van der Waals surface area contributed by atoms with Crippen molar-refractivity contribution in [2.75, 3.05) is 13.2 Å². The number of ether oxygens (including phenoxy) is 9. The molecule has 0 radical (unpaired) electrons. The third kappa shape index (κ3) is 6.96. The molecular formula is C40H47NO18. The topological polar surface area (TPSA) is 249 Å². The Morgan fingerprint density at radius 2 is 1.39 bits per heavy atom. The molecule has 2 aliphatic carbocycles. The molecule has 2 aliphatic heterocycles. The molecule has 6 rings (SSSR count). The molecule has 19 heteroatoms. The summed E-state index contributed by atoms with van der Waals surface area (Å²) in [6, 6.07) is 4.33. The van der Waals surface area contributed by atoms with Gasteiger partial charge in [0.15, 0.2) is 35.8 Å². The van der Waals surface area contributed by atoms with Crippen LogP contribution in [0.25, 0.3) is 0 Å². The smallest absolute Gasteiger partial charge is 0.340 e. The van der Waals surface area contributed by atoms with Gasteiger partial charge in [-0.1, -0.05) is 13.8 Å². The van der Waals surface area contributed by atoms with E-state index < -0.39 is 132 Å². The summed E-state index contributed by atoms with van der Waals surface area (Å²) >= 11 is 0. The monoisotopic (exact) mass is 829 g/mol. The van der Waals surface area contributed by atoms with Gasteiger partial charge in [0, 0.05) is 52.8 Å². The van der Waals surface area contributed by atoms with Crippen LogP contribution in [-0.4, -0.2) is 119 Å². The zero-order valence-corrected chi connectivity index (χ0v) is 33.9. The summed E-state index contributed by atoms with van der Waals surface area (Å²) in [7, 11) is 0. The van der Waals surface area contributed by atoms with E-state index in [-0.39, 0.29) is 17.0 Å². The minimum Gasteiger partial charge on any atom is -0.489 e. The molecule has 2 aromatic rings. The maximum absolute atomic E-state index is 14.4. The molecule has 4 bridgehead atoms. The average Bonchev–Trinajstić information content (AvgIpc) is 3.74. The number of furan rings is 1. The molecule has 0 aromatic carbocycles. The van der Waals surface area contributed by atoms with Gasteiger partial charge in [-0.25, -0.2) is 4.79 Å². The van der Waals surface area contributed by atoms with Crippen LogP contribution in [0.3, 0.4) is 0 Å². The van der Waals surface area contributed by atoms with Crippen molar-refractivity contribution in [3.63, 3.8) is 0 Å². The number of hydrogen-bond donors (Lipinski definition) is 1. The lowest BCUT2D eigenvalue weighted by molar-refractivity contribution is -0.385. The molecule has 1 unspecified atom stereocenters. The largest absolute Gasteiger partial charge is 0.489 e. The van der Waals surface area contributed by atoms with Gasteiger partial charge in [0.05, 0.1) is 29.4 Å². The number of hydrogen-bond acceptors (Lipinski definition) is 19. The zero-order valence-electron chi connectivity index (χ0n) is 33.9. The van der Waals surface area contributed by atoms with Crippen molar-refractivity contribution in [1.82, 2.24) is 4.98 Å². The summed E-state index contributed by atoms with van der Waals surface area (Å²) in [6.45, 7) is 9.28. The van der Waals surface area contributed by atoms with Gasteiger partial charge in [-0.3, -0.25) is 33.8 Å². The van der Waals surface area contributed by atoms with Gasteiger partial charge >= 0.3 is 41.8 Å². The number of carbonyl (C=O) groups is 7. The van der Waals surface area contributed by atoms with Crippen molar-refractivity contribution in [1.29, 1.82) is 0 Å². The first-order chi connectivity index (χ1) is 27.6. The molecule has 4 aliphatic rings. The Morgan fingerprint density at radius 3 is 1.97 bits per heavy atom. The van der Waals surface area contributed by atoms with E-state index in [1.165, 1.54) is 50.8 Å². The molecular weight excluding hydrogens is 782 g/mol. The van der Waals surface area contributed by atoms with E-state index in [9.17, 15) is 38.7 Å². The van der Waals surface area contributed by atoms with Gasteiger partial charge in [-0.2, -0.15) is 0 Å². The van der Waals surface area contributed by atoms with Crippen molar-refractivity contribution in [2.24, 2.45) is 17.3 Å². The molecule has 0 amide bonds. The van der Waals surface area contributed by atoms with Crippen LogP contribution in [0, 0.1) is 17.3 Å². The molecule has 59 heavy (non-hydrogen) atoms. The van der Waals surface area contributed by atoms with Crippen molar-refractivity contribution in [3.8, 4) is 5.75 Å². The van der Waals surface area contributed by atoms with E-state index >= 15 is 0 Å². The van der Waals surface area contributed by atoms with Crippen molar-refractivity contribution in [2.45, 2.75) is 122 Å². The Hall–Kier alpha value is -5.56. The number of fused-ring (bicyclic) bond motifs is 5. The van der Waals surface area contributed by atoms with Crippen LogP contribution in [-0.2, 0) is 66.7 Å². The first kappa shape index (κ1) is 43.0. The van der Waals surface area contributed by atoms with Crippen LogP contribution >= 0.6 is 0 Å². The number of aliphatic hydroxyl groups is 1. The fourth-order valence-electron chi connectivity index (χ4n) is 9.57. The highest BCUT2D eigenvalue weighted by Crippen LogP contribution is 2.70. The van der Waals surface area contributed by atoms with Crippen LogP contribution in [0.1, 0.15) is 84.3 Å². The van der Waals surface area contributed by atoms with Gasteiger partial charge in [0.2, 0.25) is 0 Å². The maximum Gasteiger partial charge on any atom is 0.340 e. The van der Waals surface area contributed by atoms with E-state index in [2.05, 4.69) is 4.98 Å². The Labute approximate surface area is 338 Å². The third-order valence-corrected chi connectivity index (χ3v) is 11.9. The van der Waals surface area contributed by atoms with Crippen molar-refractivity contribution in [3.05, 3.63) is 48.2 Å². The molecule has 1 spiro atoms. The highest BCUT2D eigenvalue weighted by molar-refractivity contribution is 5.91. The Bertz CT molecular complexity index is 2010. The Balaban J connectivity index is 1.79. The fraction of sp³-hybridized carbons (Fsp3) is 0.600. The maximum atomic E-state index is 14.4. The molecule has 19 nitrogen and oxygen atoms in total. The highest BCUT2D eigenvalue weighted by atomic mass is 16.7. The van der Waals surface area contributed by atoms with Gasteiger partial charge in [-0.05, 0) is 26.0 Å². The number of pyridine rings is 1. The summed E-state index contributed by atoms with van der Waals surface area (Å²) in [4.78, 5) is 99.3. The summed E-state index contributed by atoms with van der Waals surface area (Å²) in [5, 5.41) is 13.6. The number of aromatic nitrogens is 1. The number of nitrogens with zero attached hydrogens (tertiary/aromatic N) is 1. The Kier molecular flexibility index (Phi) is 11.3. The second kappa shape index (κ2) is 15.6. The van der Waals surface area contributed by atoms with E-state index in [1.54, 1.807) is 6.92 Å². The SMILES string of the molecule is CC(=O)O[C@@H]1[C@H](OC(C)=O)[C@@]2(COc3ccoc3)[C@H](OC(C)=O)[C@H](OC(C)=O)C3[C@@H](OC(C)=O)[C@]24O[C@]3(C)COC(=O)c2cccnc2[C@@H](C)[C@H](C)C(=O)O[C@@H]1[C@]4(C)O. The third-order valence-electron chi connectivity index (χ3n) is 11.9. The molecule has 13 atom stereocenters. The van der Waals surface area contributed by atoms with Gasteiger partial charge in [0.25, 0.3) is 0 Å². The molecule has 4 heterocycles. The lowest BCUT2D eigenvalue weighted by Gasteiger charge is -2.67. The van der Waals surface area contributed by atoms with Gasteiger partial charge in [0.1, 0.15) is 48.3 Å². The second-order valence-corrected chi connectivity index (χ2v) is 15.8. The lowest BCUT2D eigenvalue weighted by atomic mass is 9.45. The summed E-state index contributed by atoms with van der Waals surface area (Å²) < 4.78 is 61.0. The highest BCUT2D eigenvalue weighted by Gasteiger charge is 2.92. The quantitative estimate of drug-likeness (QED) is 0.296. The van der Waals surface area contributed by atoms with E-state index in [0.29, 0.717) is 0 Å². The molecule has 3 fully saturated rings.